The number of halogens is 2. The minimum Gasteiger partial charge on any atom is -0.381 e. The molecule has 1 rings (SSSR count). The molecule has 0 unspecified atom stereocenters. The predicted octanol–water partition coefficient (Wildman–Crippen LogP) is 4.15. The molecular formula is C14H19Br2NO2. The van der Waals surface area contributed by atoms with Gasteiger partial charge in [-0.25, -0.2) is 0 Å². The highest BCUT2D eigenvalue weighted by Gasteiger charge is 2.09. The number of benzene rings is 1. The maximum atomic E-state index is 11.9. The number of carbonyl (C=O) groups is 1. The molecule has 1 aromatic carbocycles. The Bertz CT molecular complexity index is 410. The molecule has 0 fully saturated rings. The van der Waals surface area contributed by atoms with Crippen LogP contribution in [0.15, 0.2) is 27.1 Å². The van der Waals surface area contributed by atoms with Gasteiger partial charge in [0.2, 0.25) is 0 Å². The van der Waals surface area contributed by atoms with E-state index in [2.05, 4.69) is 44.1 Å². The summed E-state index contributed by atoms with van der Waals surface area (Å²) in [6, 6.07) is 5.51. The van der Waals surface area contributed by atoms with Crippen LogP contribution in [0.1, 0.15) is 36.5 Å². The van der Waals surface area contributed by atoms with Gasteiger partial charge in [0, 0.05) is 28.7 Å². The average Bonchev–Trinajstić information content (AvgIpc) is 2.37. The van der Waals surface area contributed by atoms with Crippen molar-refractivity contribution < 1.29 is 9.53 Å². The van der Waals surface area contributed by atoms with Gasteiger partial charge in [-0.1, -0.05) is 29.3 Å². The first kappa shape index (κ1) is 16.7. The van der Waals surface area contributed by atoms with E-state index >= 15 is 0 Å². The molecule has 0 aliphatic heterocycles. The second kappa shape index (κ2) is 9.50. The molecule has 5 heteroatoms. The summed E-state index contributed by atoms with van der Waals surface area (Å²) in [4.78, 5) is 11.9. The highest BCUT2D eigenvalue weighted by Crippen LogP contribution is 2.21. The van der Waals surface area contributed by atoms with Crippen molar-refractivity contribution in [2.24, 2.45) is 0 Å². The van der Waals surface area contributed by atoms with Crippen LogP contribution in [0, 0.1) is 0 Å². The van der Waals surface area contributed by atoms with E-state index in [9.17, 15) is 4.79 Å². The molecule has 1 amide bonds. The predicted molar refractivity (Wildman–Crippen MR) is 84.5 cm³/mol. The third-order valence-electron chi connectivity index (χ3n) is 2.57. The zero-order chi connectivity index (χ0) is 14.1. The summed E-state index contributed by atoms with van der Waals surface area (Å²) >= 11 is 6.74. The standard InChI is InChI=1S/C14H19Br2NO2/c1-2-3-8-19-9-4-7-17-14(18)12-6-5-11(15)10-13(12)16/h5-6,10H,2-4,7-9H2,1H3,(H,17,18). The van der Waals surface area contributed by atoms with Gasteiger partial charge in [-0.2, -0.15) is 0 Å². The van der Waals surface area contributed by atoms with Crippen molar-refractivity contribution in [2.75, 3.05) is 19.8 Å². The summed E-state index contributed by atoms with van der Waals surface area (Å²) in [5, 5.41) is 2.89. The fraction of sp³-hybridized carbons (Fsp3) is 0.500. The normalized spacial score (nSPS) is 10.5. The Morgan fingerprint density at radius 2 is 2.00 bits per heavy atom. The fourth-order valence-electron chi connectivity index (χ4n) is 1.49. The first-order valence-electron chi connectivity index (χ1n) is 6.46. The number of carbonyl (C=O) groups excluding carboxylic acids is 1. The van der Waals surface area contributed by atoms with Crippen molar-refractivity contribution in [1.29, 1.82) is 0 Å². The van der Waals surface area contributed by atoms with Gasteiger partial charge in [0.15, 0.2) is 0 Å². The number of ether oxygens (including phenoxy) is 1. The maximum Gasteiger partial charge on any atom is 0.252 e. The van der Waals surface area contributed by atoms with Crippen LogP contribution in [0.25, 0.3) is 0 Å². The number of hydrogen-bond donors (Lipinski definition) is 1. The SMILES string of the molecule is CCCCOCCCNC(=O)c1ccc(Br)cc1Br. The van der Waals surface area contributed by atoms with Gasteiger partial charge in [0.05, 0.1) is 5.56 Å². The van der Waals surface area contributed by atoms with Crippen molar-refractivity contribution in [3.63, 3.8) is 0 Å². The Morgan fingerprint density at radius 3 is 2.68 bits per heavy atom. The van der Waals surface area contributed by atoms with Crippen LogP contribution in [0.4, 0.5) is 0 Å². The molecular weight excluding hydrogens is 374 g/mol. The summed E-state index contributed by atoms with van der Waals surface area (Å²) in [5.41, 5.74) is 0.648. The molecule has 0 spiro atoms. The molecule has 0 saturated carbocycles. The fourth-order valence-corrected chi connectivity index (χ4v) is 2.72. The topological polar surface area (TPSA) is 38.3 Å². The molecule has 19 heavy (non-hydrogen) atoms. The van der Waals surface area contributed by atoms with Crippen LogP contribution in [0.3, 0.4) is 0 Å². The molecule has 0 bridgehead atoms. The van der Waals surface area contributed by atoms with Crippen LogP contribution in [-0.2, 0) is 4.74 Å². The lowest BCUT2D eigenvalue weighted by Crippen LogP contribution is -2.25. The zero-order valence-corrected chi connectivity index (χ0v) is 14.2. The van der Waals surface area contributed by atoms with E-state index in [0.29, 0.717) is 18.7 Å². The Labute approximate surface area is 131 Å². The van der Waals surface area contributed by atoms with Gasteiger partial charge >= 0.3 is 0 Å². The van der Waals surface area contributed by atoms with Crippen LogP contribution in [0.2, 0.25) is 0 Å². The molecule has 0 aromatic heterocycles. The molecule has 0 saturated heterocycles. The van der Waals surface area contributed by atoms with Gasteiger partial charge in [-0.3, -0.25) is 4.79 Å². The Hall–Kier alpha value is -0.390. The minimum atomic E-state index is -0.0621. The largest absolute Gasteiger partial charge is 0.381 e. The first-order valence-corrected chi connectivity index (χ1v) is 8.04. The molecule has 0 aliphatic rings. The minimum absolute atomic E-state index is 0.0621. The third-order valence-corrected chi connectivity index (χ3v) is 3.72. The molecule has 1 N–H and O–H groups in total. The molecule has 106 valence electrons. The van der Waals surface area contributed by atoms with Crippen LogP contribution in [-0.4, -0.2) is 25.7 Å². The van der Waals surface area contributed by atoms with Crippen molar-refractivity contribution in [2.45, 2.75) is 26.2 Å². The van der Waals surface area contributed by atoms with E-state index in [1.54, 1.807) is 6.07 Å². The Balaban J connectivity index is 2.24. The van der Waals surface area contributed by atoms with Crippen molar-refractivity contribution in [1.82, 2.24) is 5.32 Å². The summed E-state index contributed by atoms with van der Waals surface area (Å²) < 4.78 is 7.17. The Kier molecular flexibility index (Phi) is 8.34. The lowest BCUT2D eigenvalue weighted by atomic mass is 10.2. The van der Waals surface area contributed by atoms with Gasteiger partial charge in [-0.05, 0) is 47.0 Å². The number of rotatable bonds is 8. The maximum absolute atomic E-state index is 11.9. The molecule has 1 aromatic rings. The highest BCUT2D eigenvalue weighted by atomic mass is 79.9. The molecule has 0 atom stereocenters. The van der Waals surface area contributed by atoms with Gasteiger partial charge < -0.3 is 10.1 Å². The molecule has 0 radical (unpaired) electrons. The smallest absolute Gasteiger partial charge is 0.252 e. The number of hydrogen-bond acceptors (Lipinski definition) is 2. The van der Waals surface area contributed by atoms with Crippen LogP contribution < -0.4 is 5.32 Å². The molecule has 0 aliphatic carbocycles. The average molecular weight is 393 g/mol. The lowest BCUT2D eigenvalue weighted by Gasteiger charge is -2.07. The second-order valence-electron chi connectivity index (χ2n) is 4.20. The first-order chi connectivity index (χ1) is 9.15. The van der Waals surface area contributed by atoms with Crippen LogP contribution >= 0.6 is 31.9 Å². The van der Waals surface area contributed by atoms with Crippen LogP contribution in [0.5, 0.6) is 0 Å². The summed E-state index contributed by atoms with van der Waals surface area (Å²) in [6.07, 6.45) is 3.08. The summed E-state index contributed by atoms with van der Waals surface area (Å²) in [5.74, 6) is -0.0621. The number of unbranched alkanes of at least 4 members (excludes halogenated alkanes) is 1. The second-order valence-corrected chi connectivity index (χ2v) is 5.97. The summed E-state index contributed by atoms with van der Waals surface area (Å²) in [7, 11) is 0. The monoisotopic (exact) mass is 391 g/mol. The third kappa shape index (κ3) is 6.54. The Morgan fingerprint density at radius 1 is 1.26 bits per heavy atom. The van der Waals surface area contributed by atoms with Gasteiger partial charge in [0.1, 0.15) is 0 Å². The van der Waals surface area contributed by atoms with Gasteiger partial charge in [-0.15, -0.1) is 0 Å². The van der Waals surface area contributed by atoms with E-state index in [1.165, 1.54) is 0 Å². The van der Waals surface area contributed by atoms with Gasteiger partial charge in [0.25, 0.3) is 5.91 Å². The highest BCUT2D eigenvalue weighted by molar-refractivity contribution is 9.11. The van der Waals surface area contributed by atoms with Crippen molar-refractivity contribution in [3.05, 3.63) is 32.7 Å². The van der Waals surface area contributed by atoms with E-state index in [1.807, 2.05) is 12.1 Å². The summed E-state index contributed by atoms with van der Waals surface area (Å²) in [6.45, 7) is 4.28. The number of nitrogens with one attached hydrogen (secondary N) is 1. The van der Waals surface area contributed by atoms with E-state index in [4.69, 9.17) is 4.74 Å². The van der Waals surface area contributed by atoms with E-state index < -0.39 is 0 Å². The van der Waals surface area contributed by atoms with E-state index in [0.717, 1.165) is 34.8 Å². The molecule has 0 heterocycles. The number of amides is 1. The van der Waals surface area contributed by atoms with E-state index in [-0.39, 0.29) is 5.91 Å². The quantitative estimate of drug-likeness (QED) is 0.675. The lowest BCUT2D eigenvalue weighted by molar-refractivity contribution is 0.0939. The molecule has 3 nitrogen and oxygen atoms in total. The van der Waals surface area contributed by atoms with Crippen molar-refractivity contribution in [3.8, 4) is 0 Å². The van der Waals surface area contributed by atoms with Crippen molar-refractivity contribution >= 4 is 37.8 Å². The zero-order valence-electron chi connectivity index (χ0n) is 11.0.